The van der Waals surface area contributed by atoms with Gasteiger partial charge >= 0.3 is 0 Å². The maximum Gasteiger partial charge on any atom is 0.237 e. The molecule has 0 aromatic carbocycles. The summed E-state index contributed by atoms with van der Waals surface area (Å²) < 4.78 is 0. The van der Waals surface area contributed by atoms with Crippen molar-refractivity contribution in [3.05, 3.63) is 17.5 Å². The lowest BCUT2D eigenvalue weighted by molar-refractivity contribution is -0.122. The van der Waals surface area contributed by atoms with Gasteiger partial charge in [0.15, 0.2) is 0 Å². The van der Waals surface area contributed by atoms with Gasteiger partial charge < -0.3 is 10.6 Å². The van der Waals surface area contributed by atoms with Gasteiger partial charge in [0.2, 0.25) is 5.91 Å². The highest BCUT2D eigenvalue weighted by atomic mass is 16.2. The highest BCUT2D eigenvalue weighted by Gasteiger charge is 2.21. The van der Waals surface area contributed by atoms with Gasteiger partial charge in [-0.05, 0) is 26.3 Å². The highest BCUT2D eigenvalue weighted by Crippen LogP contribution is 2.06. The summed E-state index contributed by atoms with van der Waals surface area (Å²) in [5.74, 6) is 0.0908. The van der Waals surface area contributed by atoms with Crippen molar-refractivity contribution in [2.24, 2.45) is 0 Å². The second-order valence-electron chi connectivity index (χ2n) is 3.89. The number of nitrogens with zero attached hydrogens (tertiary/aromatic N) is 1. The van der Waals surface area contributed by atoms with Crippen LogP contribution in [0.2, 0.25) is 0 Å². The van der Waals surface area contributed by atoms with Crippen LogP contribution in [0.5, 0.6) is 0 Å². The standard InChI is InChI=1S/C10H16N4O/c1-7-8(6-13-14-7)5-12-10(15)9-3-2-4-11-9/h6,9,11H,2-5H2,1H3,(H,12,15)(H,13,14). The third kappa shape index (κ3) is 2.36. The molecule has 5 nitrogen and oxygen atoms in total. The molecular formula is C10H16N4O. The quantitative estimate of drug-likeness (QED) is 0.659. The van der Waals surface area contributed by atoms with Crippen molar-refractivity contribution in [3.63, 3.8) is 0 Å². The average Bonchev–Trinajstić information content (AvgIpc) is 2.85. The Morgan fingerprint density at radius 2 is 2.60 bits per heavy atom. The van der Waals surface area contributed by atoms with Crippen molar-refractivity contribution in [2.75, 3.05) is 6.54 Å². The molecule has 3 N–H and O–H groups in total. The van der Waals surface area contributed by atoms with Crippen molar-refractivity contribution in [3.8, 4) is 0 Å². The fraction of sp³-hybridized carbons (Fsp3) is 0.600. The lowest BCUT2D eigenvalue weighted by Gasteiger charge is -2.10. The van der Waals surface area contributed by atoms with E-state index in [2.05, 4.69) is 20.8 Å². The molecule has 1 saturated heterocycles. The SMILES string of the molecule is Cc1[nH]ncc1CNC(=O)C1CCCN1. The minimum Gasteiger partial charge on any atom is -0.351 e. The summed E-state index contributed by atoms with van der Waals surface area (Å²) in [6.07, 6.45) is 3.77. The zero-order valence-corrected chi connectivity index (χ0v) is 8.84. The Kier molecular flexibility index (Phi) is 3.01. The van der Waals surface area contributed by atoms with Gasteiger partial charge in [-0.25, -0.2) is 0 Å². The fourth-order valence-electron chi connectivity index (χ4n) is 1.77. The van der Waals surface area contributed by atoms with Crippen LogP contribution in [0.25, 0.3) is 0 Å². The first-order valence-electron chi connectivity index (χ1n) is 5.27. The monoisotopic (exact) mass is 208 g/mol. The molecule has 15 heavy (non-hydrogen) atoms. The van der Waals surface area contributed by atoms with Crippen LogP contribution >= 0.6 is 0 Å². The maximum atomic E-state index is 11.6. The number of aromatic nitrogens is 2. The number of hydrogen-bond donors (Lipinski definition) is 3. The molecule has 0 spiro atoms. The minimum absolute atomic E-state index is 0.00259. The molecule has 1 aliphatic rings. The molecule has 1 aromatic heterocycles. The van der Waals surface area contributed by atoms with Crippen LogP contribution in [0.3, 0.4) is 0 Å². The van der Waals surface area contributed by atoms with Crippen molar-refractivity contribution < 1.29 is 4.79 Å². The number of rotatable bonds is 3. The summed E-state index contributed by atoms with van der Waals surface area (Å²) in [7, 11) is 0. The van der Waals surface area contributed by atoms with E-state index < -0.39 is 0 Å². The van der Waals surface area contributed by atoms with Crippen molar-refractivity contribution in [1.82, 2.24) is 20.8 Å². The van der Waals surface area contributed by atoms with E-state index in [1.165, 1.54) is 0 Å². The Hall–Kier alpha value is -1.36. The second-order valence-corrected chi connectivity index (χ2v) is 3.89. The molecule has 1 atom stereocenters. The van der Waals surface area contributed by atoms with Gasteiger partial charge in [-0.2, -0.15) is 5.10 Å². The molecule has 1 unspecified atom stereocenters. The average molecular weight is 208 g/mol. The maximum absolute atomic E-state index is 11.6. The van der Waals surface area contributed by atoms with E-state index in [-0.39, 0.29) is 11.9 Å². The van der Waals surface area contributed by atoms with E-state index in [1.807, 2.05) is 6.92 Å². The van der Waals surface area contributed by atoms with Crippen LogP contribution in [0, 0.1) is 6.92 Å². The summed E-state index contributed by atoms with van der Waals surface area (Å²) in [5.41, 5.74) is 2.05. The molecule has 0 aliphatic carbocycles. The molecule has 1 aromatic rings. The van der Waals surface area contributed by atoms with Gasteiger partial charge in [-0.15, -0.1) is 0 Å². The second kappa shape index (κ2) is 4.44. The Bertz CT molecular complexity index is 341. The smallest absolute Gasteiger partial charge is 0.237 e. The number of hydrogen-bond acceptors (Lipinski definition) is 3. The summed E-state index contributed by atoms with van der Waals surface area (Å²) >= 11 is 0. The predicted octanol–water partition coefficient (Wildman–Crippen LogP) is 0.0863. The first-order valence-corrected chi connectivity index (χ1v) is 5.27. The lowest BCUT2D eigenvalue weighted by Crippen LogP contribution is -2.40. The van der Waals surface area contributed by atoms with Gasteiger partial charge in [-0.3, -0.25) is 9.89 Å². The summed E-state index contributed by atoms with van der Waals surface area (Å²) in [6, 6.07) is -0.00259. The molecule has 1 aliphatic heterocycles. The predicted molar refractivity (Wildman–Crippen MR) is 56.2 cm³/mol. The molecule has 5 heteroatoms. The van der Waals surface area contributed by atoms with Gasteiger partial charge in [0.25, 0.3) is 0 Å². The Balaban J connectivity index is 1.83. The molecule has 2 rings (SSSR count). The molecule has 0 radical (unpaired) electrons. The number of H-pyrrole nitrogens is 1. The van der Waals surface area contributed by atoms with Crippen LogP contribution < -0.4 is 10.6 Å². The number of aryl methyl sites for hydroxylation is 1. The zero-order chi connectivity index (χ0) is 10.7. The van der Waals surface area contributed by atoms with E-state index in [9.17, 15) is 4.79 Å². The molecule has 82 valence electrons. The van der Waals surface area contributed by atoms with Gasteiger partial charge in [0.1, 0.15) is 0 Å². The number of aromatic amines is 1. The number of carbonyl (C=O) groups is 1. The molecule has 2 heterocycles. The first kappa shape index (κ1) is 10.2. The fourth-order valence-corrected chi connectivity index (χ4v) is 1.77. The van der Waals surface area contributed by atoms with E-state index in [4.69, 9.17) is 0 Å². The van der Waals surface area contributed by atoms with Crippen molar-refractivity contribution >= 4 is 5.91 Å². The van der Waals surface area contributed by atoms with Crippen LogP contribution in [-0.4, -0.2) is 28.7 Å². The molecule has 0 bridgehead atoms. The van der Waals surface area contributed by atoms with E-state index >= 15 is 0 Å². The highest BCUT2D eigenvalue weighted by molar-refractivity contribution is 5.81. The summed E-state index contributed by atoms with van der Waals surface area (Å²) in [4.78, 5) is 11.6. The van der Waals surface area contributed by atoms with Gasteiger partial charge in [0.05, 0.1) is 12.2 Å². The Morgan fingerprint density at radius 3 is 3.20 bits per heavy atom. The molecule has 0 saturated carbocycles. The van der Waals surface area contributed by atoms with Gasteiger partial charge in [-0.1, -0.05) is 0 Å². The summed E-state index contributed by atoms with van der Waals surface area (Å²) in [5, 5.41) is 12.8. The van der Waals surface area contributed by atoms with Crippen molar-refractivity contribution in [1.29, 1.82) is 0 Å². The van der Waals surface area contributed by atoms with Crippen LogP contribution in [-0.2, 0) is 11.3 Å². The van der Waals surface area contributed by atoms with E-state index in [0.29, 0.717) is 6.54 Å². The van der Waals surface area contributed by atoms with Crippen LogP contribution in [0.15, 0.2) is 6.20 Å². The Labute approximate surface area is 88.6 Å². The largest absolute Gasteiger partial charge is 0.351 e. The number of nitrogens with one attached hydrogen (secondary N) is 3. The minimum atomic E-state index is -0.00259. The van der Waals surface area contributed by atoms with E-state index in [0.717, 1.165) is 30.6 Å². The number of amides is 1. The lowest BCUT2D eigenvalue weighted by atomic mass is 10.2. The van der Waals surface area contributed by atoms with Crippen molar-refractivity contribution in [2.45, 2.75) is 32.4 Å². The van der Waals surface area contributed by atoms with E-state index in [1.54, 1.807) is 6.20 Å². The molecule has 1 amide bonds. The normalized spacial score (nSPS) is 20.5. The topological polar surface area (TPSA) is 69.8 Å². The van der Waals surface area contributed by atoms with Gasteiger partial charge in [0, 0.05) is 17.8 Å². The molecule has 1 fully saturated rings. The zero-order valence-electron chi connectivity index (χ0n) is 8.84. The third-order valence-corrected chi connectivity index (χ3v) is 2.76. The summed E-state index contributed by atoms with van der Waals surface area (Å²) in [6.45, 7) is 3.45. The first-order chi connectivity index (χ1) is 7.27. The third-order valence-electron chi connectivity index (χ3n) is 2.76. The number of carbonyl (C=O) groups excluding carboxylic acids is 1. The van der Waals surface area contributed by atoms with Crippen LogP contribution in [0.1, 0.15) is 24.1 Å². The Morgan fingerprint density at radius 1 is 1.73 bits per heavy atom. The molecular weight excluding hydrogens is 192 g/mol. The van der Waals surface area contributed by atoms with Crippen LogP contribution in [0.4, 0.5) is 0 Å².